The van der Waals surface area contributed by atoms with Crippen molar-refractivity contribution in [1.82, 2.24) is 4.90 Å². The molecule has 2 heteroatoms. The number of hydrogen-bond acceptors (Lipinski definition) is 2. The second-order valence-corrected chi connectivity index (χ2v) is 5.93. The van der Waals surface area contributed by atoms with Gasteiger partial charge in [-0.25, -0.2) is 0 Å². The van der Waals surface area contributed by atoms with Crippen molar-refractivity contribution in [3.05, 3.63) is 35.9 Å². The van der Waals surface area contributed by atoms with Crippen LogP contribution in [0.2, 0.25) is 0 Å². The Morgan fingerprint density at radius 1 is 1.21 bits per heavy atom. The van der Waals surface area contributed by atoms with Gasteiger partial charge < -0.3 is 5.73 Å². The van der Waals surface area contributed by atoms with Crippen molar-refractivity contribution in [2.24, 2.45) is 11.7 Å². The van der Waals surface area contributed by atoms with Gasteiger partial charge in [-0.1, -0.05) is 44.2 Å². The predicted octanol–water partition coefficient (Wildman–Crippen LogP) is 3.07. The van der Waals surface area contributed by atoms with Crippen molar-refractivity contribution < 1.29 is 0 Å². The van der Waals surface area contributed by atoms with Crippen LogP contribution in [0.4, 0.5) is 0 Å². The van der Waals surface area contributed by atoms with Gasteiger partial charge in [0, 0.05) is 18.6 Å². The summed E-state index contributed by atoms with van der Waals surface area (Å²) in [6, 6.07) is 10.8. The van der Waals surface area contributed by atoms with E-state index in [-0.39, 0.29) is 5.54 Å². The van der Waals surface area contributed by atoms with Crippen molar-refractivity contribution in [3.8, 4) is 0 Å². The van der Waals surface area contributed by atoms with Crippen LogP contribution in [0, 0.1) is 5.92 Å². The smallest absolute Gasteiger partial charge is 0.0369 e. The van der Waals surface area contributed by atoms with Crippen LogP contribution in [0.5, 0.6) is 0 Å². The highest BCUT2D eigenvalue weighted by Gasteiger charge is 2.36. The van der Waals surface area contributed by atoms with Crippen LogP contribution < -0.4 is 5.73 Å². The van der Waals surface area contributed by atoms with E-state index in [0.717, 1.165) is 31.8 Å². The van der Waals surface area contributed by atoms with Crippen LogP contribution in [0.3, 0.4) is 0 Å². The zero-order valence-electron chi connectivity index (χ0n) is 12.4. The van der Waals surface area contributed by atoms with Crippen LogP contribution >= 0.6 is 0 Å². The zero-order valence-corrected chi connectivity index (χ0v) is 12.4. The summed E-state index contributed by atoms with van der Waals surface area (Å²) in [5.74, 6) is 0.924. The molecule has 0 bridgehead atoms. The summed E-state index contributed by atoms with van der Waals surface area (Å²) in [6.45, 7) is 7.64. The van der Waals surface area contributed by atoms with Gasteiger partial charge in [0.2, 0.25) is 0 Å². The molecule has 0 radical (unpaired) electrons. The maximum absolute atomic E-state index is 6.20. The van der Waals surface area contributed by atoms with Crippen molar-refractivity contribution in [2.45, 2.75) is 45.1 Å². The SMILES string of the molecule is CCN(CC1CC1)C(CC)(CN)Cc1ccccc1. The highest BCUT2D eigenvalue weighted by Crippen LogP contribution is 2.33. The first-order chi connectivity index (χ1) is 9.24. The number of rotatable bonds is 8. The highest BCUT2D eigenvalue weighted by molar-refractivity contribution is 5.18. The van der Waals surface area contributed by atoms with Crippen molar-refractivity contribution in [2.75, 3.05) is 19.6 Å². The molecule has 1 aromatic carbocycles. The topological polar surface area (TPSA) is 29.3 Å². The molecule has 0 heterocycles. The lowest BCUT2D eigenvalue weighted by molar-refractivity contribution is 0.0894. The Hall–Kier alpha value is -0.860. The van der Waals surface area contributed by atoms with Crippen molar-refractivity contribution >= 4 is 0 Å². The van der Waals surface area contributed by atoms with E-state index in [2.05, 4.69) is 49.1 Å². The largest absolute Gasteiger partial charge is 0.329 e. The number of nitrogens with zero attached hydrogens (tertiary/aromatic N) is 1. The lowest BCUT2D eigenvalue weighted by atomic mass is 9.86. The van der Waals surface area contributed by atoms with Crippen molar-refractivity contribution in [3.63, 3.8) is 0 Å². The van der Waals surface area contributed by atoms with Crippen LogP contribution in [0.15, 0.2) is 30.3 Å². The molecule has 19 heavy (non-hydrogen) atoms. The molecular formula is C17H28N2. The lowest BCUT2D eigenvalue weighted by Crippen LogP contribution is -2.55. The average molecular weight is 260 g/mol. The molecule has 1 unspecified atom stereocenters. The van der Waals surface area contributed by atoms with Gasteiger partial charge in [-0.2, -0.15) is 0 Å². The molecule has 2 N–H and O–H groups in total. The third-order valence-corrected chi connectivity index (χ3v) is 4.64. The summed E-state index contributed by atoms with van der Waals surface area (Å²) in [5.41, 5.74) is 7.74. The first-order valence-electron chi connectivity index (χ1n) is 7.73. The fraction of sp³-hybridized carbons (Fsp3) is 0.647. The summed E-state index contributed by atoms with van der Waals surface area (Å²) < 4.78 is 0. The summed E-state index contributed by atoms with van der Waals surface area (Å²) in [4.78, 5) is 2.64. The Morgan fingerprint density at radius 2 is 1.89 bits per heavy atom. The number of likely N-dealkylation sites (N-methyl/N-ethyl adjacent to an activating group) is 1. The number of nitrogens with two attached hydrogens (primary N) is 1. The van der Waals surface area contributed by atoms with Gasteiger partial charge in [0.05, 0.1) is 0 Å². The van der Waals surface area contributed by atoms with Gasteiger partial charge in [0.1, 0.15) is 0 Å². The molecule has 1 atom stereocenters. The minimum atomic E-state index is 0.138. The van der Waals surface area contributed by atoms with Crippen molar-refractivity contribution in [1.29, 1.82) is 0 Å². The maximum Gasteiger partial charge on any atom is 0.0369 e. The maximum atomic E-state index is 6.20. The minimum Gasteiger partial charge on any atom is -0.329 e. The van der Waals surface area contributed by atoms with Gasteiger partial charge >= 0.3 is 0 Å². The van der Waals surface area contributed by atoms with E-state index in [4.69, 9.17) is 5.73 Å². The molecule has 1 aliphatic rings. The van der Waals surface area contributed by atoms with Gasteiger partial charge in [-0.05, 0) is 43.7 Å². The first kappa shape index (κ1) is 14.5. The van der Waals surface area contributed by atoms with E-state index in [1.807, 2.05) is 0 Å². The Balaban J connectivity index is 2.14. The fourth-order valence-corrected chi connectivity index (χ4v) is 3.05. The fourth-order valence-electron chi connectivity index (χ4n) is 3.05. The predicted molar refractivity (Wildman–Crippen MR) is 82.2 cm³/mol. The molecule has 1 saturated carbocycles. The van der Waals surface area contributed by atoms with Crippen LogP contribution in [-0.2, 0) is 6.42 Å². The quantitative estimate of drug-likeness (QED) is 0.778. The van der Waals surface area contributed by atoms with E-state index in [0.29, 0.717) is 0 Å². The van der Waals surface area contributed by atoms with E-state index < -0.39 is 0 Å². The summed E-state index contributed by atoms with van der Waals surface area (Å²) in [7, 11) is 0. The molecule has 0 spiro atoms. The molecule has 0 amide bonds. The van der Waals surface area contributed by atoms with Crippen LogP contribution in [-0.4, -0.2) is 30.1 Å². The summed E-state index contributed by atoms with van der Waals surface area (Å²) in [5, 5.41) is 0. The van der Waals surface area contributed by atoms with E-state index in [9.17, 15) is 0 Å². The van der Waals surface area contributed by atoms with Gasteiger partial charge in [-0.3, -0.25) is 4.90 Å². The molecule has 2 nitrogen and oxygen atoms in total. The molecular weight excluding hydrogens is 232 g/mol. The normalized spacial score (nSPS) is 18.5. The molecule has 2 rings (SSSR count). The third-order valence-electron chi connectivity index (χ3n) is 4.64. The Bertz CT molecular complexity index is 366. The summed E-state index contributed by atoms with van der Waals surface area (Å²) >= 11 is 0. The Labute approximate surface area is 118 Å². The lowest BCUT2D eigenvalue weighted by Gasteiger charge is -2.43. The van der Waals surface area contributed by atoms with Crippen LogP contribution in [0.25, 0.3) is 0 Å². The Kier molecular flexibility index (Phi) is 5.00. The molecule has 0 saturated heterocycles. The first-order valence-corrected chi connectivity index (χ1v) is 7.73. The zero-order chi connectivity index (χ0) is 13.7. The Morgan fingerprint density at radius 3 is 2.37 bits per heavy atom. The van der Waals surface area contributed by atoms with E-state index in [1.54, 1.807) is 0 Å². The molecule has 1 aromatic rings. The molecule has 0 aliphatic heterocycles. The molecule has 106 valence electrons. The van der Waals surface area contributed by atoms with Gasteiger partial charge in [0.15, 0.2) is 0 Å². The van der Waals surface area contributed by atoms with Gasteiger partial charge in [-0.15, -0.1) is 0 Å². The molecule has 1 fully saturated rings. The number of benzene rings is 1. The number of hydrogen-bond donors (Lipinski definition) is 1. The minimum absolute atomic E-state index is 0.138. The van der Waals surface area contributed by atoms with E-state index in [1.165, 1.54) is 24.9 Å². The summed E-state index contributed by atoms with van der Waals surface area (Å²) in [6.07, 6.45) is 5.01. The monoisotopic (exact) mass is 260 g/mol. The van der Waals surface area contributed by atoms with Gasteiger partial charge in [0.25, 0.3) is 0 Å². The highest BCUT2D eigenvalue weighted by atomic mass is 15.2. The second kappa shape index (κ2) is 6.53. The molecule has 1 aliphatic carbocycles. The standard InChI is InChI=1S/C17H28N2/c1-3-17(14-18,12-15-8-6-5-7-9-15)19(4-2)13-16-10-11-16/h5-9,16H,3-4,10-14,18H2,1-2H3. The third kappa shape index (κ3) is 3.58. The van der Waals surface area contributed by atoms with Crippen LogP contribution in [0.1, 0.15) is 38.7 Å². The van der Waals surface area contributed by atoms with E-state index >= 15 is 0 Å². The molecule has 0 aromatic heterocycles. The average Bonchev–Trinajstić information content (AvgIpc) is 3.28. The second-order valence-electron chi connectivity index (χ2n) is 5.93.